The van der Waals surface area contributed by atoms with E-state index in [9.17, 15) is 9.59 Å². The predicted octanol–water partition coefficient (Wildman–Crippen LogP) is 0.627. The Morgan fingerprint density at radius 1 is 1.13 bits per heavy atom. The second-order valence-electron chi connectivity index (χ2n) is 4.16. The number of imide groups is 1. The third kappa shape index (κ3) is 2.56. The lowest BCUT2D eigenvalue weighted by atomic mass is 10.00. The fourth-order valence-electron chi connectivity index (χ4n) is 1.74. The van der Waals surface area contributed by atoms with E-state index in [-0.39, 0.29) is 23.7 Å². The number of rotatable bonds is 5. The van der Waals surface area contributed by atoms with Crippen molar-refractivity contribution in [1.82, 2.24) is 10.2 Å². The maximum atomic E-state index is 11.7. The molecule has 2 atom stereocenters. The highest BCUT2D eigenvalue weighted by Gasteiger charge is 2.41. The van der Waals surface area contributed by atoms with Crippen molar-refractivity contribution in [3.63, 3.8) is 0 Å². The van der Waals surface area contributed by atoms with Crippen molar-refractivity contribution in [3.8, 4) is 0 Å². The number of hydrogen-bond donors (Lipinski definition) is 1. The smallest absolute Gasteiger partial charge is 0.232 e. The van der Waals surface area contributed by atoms with Crippen LogP contribution in [0.2, 0.25) is 0 Å². The molecule has 1 aliphatic heterocycles. The Morgan fingerprint density at radius 3 is 2.13 bits per heavy atom. The summed E-state index contributed by atoms with van der Waals surface area (Å²) in [7, 11) is 0. The van der Waals surface area contributed by atoms with Crippen molar-refractivity contribution in [2.24, 2.45) is 11.8 Å². The lowest BCUT2D eigenvalue weighted by molar-refractivity contribution is -0.139. The van der Waals surface area contributed by atoms with Gasteiger partial charge in [-0.25, -0.2) is 0 Å². The third-order valence-electron chi connectivity index (χ3n) is 3.00. The van der Waals surface area contributed by atoms with Gasteiger partial charge in [0.2, 0.25) is 11.8 Å². The quantitative estimate of drug-likeness (QED) is 0.537. The molecule has 86 valence electrons. The minimum atomic E-state index is -0.149. The van der Waals surface area contributed by atoms with Gasteiger partial charge in [-0.3, -0.25) is 14.5 Å². The molecule has 1 fully saturated rings. The van der Waals surface area contributed by atoms with Gasteiger partial charge in [0.25, 0.3) is 0 Å². The summed E-state index contributed by atoms with van der Waals surface area (Å²) in [6, 6.07) is 0. The van der Waals surface area contributed by atoms with Crippen LogP contribution < -0.4 is 5.32 Å². The first-order valence-electron chi connectivity index (χ1n) is 5.65. The van der Waals surface area contributed by atoms with Gasteiger partial charge in [0, 0.05) is 24.9 Å². The minimum absolute atomic E-state index is 0.0224. The van der Waals surface area contributed by atoms with E-state index in [4.69, 9.17) is 0 Å². The summed E-state index contributed by atoms with van der Waals surface area (Å²) >= 11 is 0. The standard InChI is InChI=1S/C11H20N2O2/c1-4-5-12-6-7-13-10(14)8(2)9(3)11(13)15/h8-9,12H,4-7H2,1-3H3. The summed E-state index contributed by atoms with van der Waals surface area (Å²) in [4.78, 5) is 24.7. The summed E-state index contributed by atoms with van der Waals surface area (Å²) in [5, 5.41) is 3.19. The average Bonchev–Trinajstić information content (AvgIpc) is 2.41. The fraction of sp³-hybridized carbons (Fsp3) is 0.818. The molecular weight excluding hydrogens is 192 g/mol. The van der Waals surface area contributed by atoms with Crippen molar-refractivity contribution < 1.29 is 9.59 Å². The zero-order valence-corrected chi connectivity index (χ0v) is 9.75. The normalized spacial score (nSPS) is 26.5. The molecule has 0 aromatic heterocycles. The van der Waals surface area contributed by atoms with Crippen LogP contribution in [0.25, 0.3) is 0 Å². The van der Waals surface area contributed by atoms with Gasteiger partial charge in [0.05, 0.1) is 0 Å². The molecular formula is C11H20N2O2. The number of likely N-dealkylation sites (tertiary alicyclic amines) is 1. The number of carbonyl (C=O) groups is 2. The first-order chi connectivity index (χ1) is 7.09. The van der Waals surface area contributed by atoms with E-state index >= 15 is 0 Å². The summed E-state index contributed by atoms with van der Waals surface area (Å²) < 4.78 is 0. The zero-order chi connectivity index (χ0) is 11.4. The molecule has 1 aliphatic rings. The Hall–Kier alpha value is -0.900. The predicted molar refractivity (Wildman–Crippen MR) is 58.2 cm³/mol. The molecule has 1 heterocycles. The van der Waals surface area contributed by atoms with Crippen molar-refractivity contribution in [3.05, 3.63) is 0 Å². The molecule has 1 rings (SSSR count). The number of carbonyl (C=O) groups excluding carboxylic acids is 2. The van der Waals surface area contributed by atoms with Crippen LogP contribution >= 0.6 is 0 Å². The van der Waals surface area contributed by atoms with Crippen LogP contribution in [0.4, 0.5) is 0 Å². The highest BCUT2D eigenvalue weighted by atomic mass is 16.2. The van der Waals surface area contributed by atoms with Crippen LogP contribution in [0.5, 0.6) is 0 Å². The van der Waals surface area contributed by atoms with Crippen LogP contribution in [0, 0.1) is 11.8 Å². The Labute approximate surface area is 91.0 Å². The summed E-state index contributed by atoms with van der Waals surface area (Å²) in [6.45, 7) is 7.87. The maximum Gasteiger partial charge on any atom is 0.232 e. The van der Waals surface area contributed by atoms with Gasteiger partial charge in [-0.1, -0.05) is 20.8 Å². The van der Waals surface area contributed by atoms with Gasteiger partial charge in [0.1, 0.15) is 0 Å². The summed E-state index contributed by atoms with van der Waals surface area (Å²) in [5.74, 6) is -0.344. The lowest BCUT2D eigenvalue weighted by Gasteiger charge is -2.14. The molecule has 0 aromatic rings. The van der Waals surface area contributed by atoms with E-state index in [1.54, 1.807) is 0 Å². The molecule has 0 spiro atoms. The second-order valence-corrected chi connectivity index (χ2v) is 4.16. The third-order valence-corrected chi connectivity index (χ3v) is 3.00. The molecule has 15 heavy (non-hydrogen) atoms. The topological polar surface area (TPSA) is 49.4 Å². The number of amides is 2. The lowest BCUT2D eigenvalue weighted by Crippen LogP contribution is -2.37. The first kappa shape index (κ1) is 12.2. The van der Waals surface area contributed by atoms with Crippen molar-refractivity contribution >= 4 is 11.8 Å². The Bertz CT molecular complexity index is 233. The highest BCUT2D eigenvalue weighted by Crippen LogP contribution is 2.24. The van der Waals surface area contributed by atoms with Crippen molar-refractivity contribution in [2.75, 3.05) is 19.6 Å². The van der Waals surface area contributed by atoms with Crippen molar-refractivity contribution in [1.29, 1.82) is 0 Å². The van der Waals surface area contributed by atoms with Crippen LogP contribution in [0.3, 0.4) is 0 Å². The number of nitrogens with one attached hydrogen (secondary N) is 1. The molecule has 4 heteroatoms. The molecule has 0 radical (unpaired) electrons. The van der Waals surface area contributed by atoms with Crippen LogP contribution in [-0.2, 0) is 9.59 Å². The van der Waals surface area contributed by atoms with Crippen LogP contribution in [0.1, 0.15) is 27.2 Å². The van der Waals surface area contributed by atoms with Crippen LogP contribution in [0.15, 0.2) is 0 Å². The van der Waals surface area contributed by atoms with E-state index in [0.29, 0.717) is 13.1 Å². The van der Waals surface area contributed by atoms with Gasteiger partial charge >= 0.3 is 0 Å². The Morgan fingerprint density at radius 2 is 1.67 bits per heavy atom. The van der Waals surface area contributed by atoms with Gasteiger partial charge in [-0.2, -0.15) is 0 Å². The van der Waals surface area contributed by atoms with E-state index in [1.165, 1.54) is 4.90 Å². The van der Waals surface area contributed by atoms with Gasteiger partial charge in [-0.05, 0) is 13.0 Å². The molecule has 4 nitrogen and oxygen atoms in total. The minimum Gasteiger partial charge on any atom is -0.315 e. The van der Waals surface area contributed by atoms with Gasteiger partial charge < -0.3 is 5.32 Å². The van der Waals surface area contributed by atoms with E-state index < -0.39 is 0 Å². The van der Waals surface area contributed by atoms with E-state index in [1.807, 2.05) is 13.8 Å². The molecule has 0 saturated carbocycles. The van der Waals surface area contributed by atoms with E-state index in [2.05, 4.69) is 12.2 Å². The molecule has 0 aliphatic carbocycles. The average molecular weight is 212 g/mol. The Balaban J connectivity index is 2.41. The molecule has 2 amide bonds. The Kier molecular flexibility index (Phi) is 4.27. The SMILES string of the molecule is CCCNCCN1C(=O)C(C)C(C)C1=O. The molecule has 1 saturated heterocycles. The zero-order valence-electron chi connectivity index (χ0n) is 9.75. The largest absolute Gasteiger partial charge is 0.315 e. The molecule has 0 bridgehead atoms. The van der Waals surface area contributed by atoms with E-state index in [0.717, 1.165) is 13.0 Å². The summed E-state index contributed by atoms with van der Waals surface area (Å²) in [5.41, 5.74) is 0. The van der Waals surface area contributed by atoms with Crippen LogP contribution in [-0.4, -0.2) is 36.3 Å². The summed E-state index contributed by atoms with van der Waals surface area (Å²) in [6.07, 6.45) is 1.06. The highest BCUT2D eigenvalue weighted by molar-refractivity contribution is 6.04. The van der Waals surface area contributed by atoms with Crippen molar-refractivity contribution in [2.45, 2.75) is 27.2 Å². The molecule has 0 aromatic carbocycles. The fourth-order valence-corrected chi connectivity index (χ4v) is 1.74. The monoisotopic (exact) mass is 212 g/mol. The number of hydrogen-bond acceptors (Lipinski definition) is 3. The second kappa shape index (κ2) is 5.26. The molecule has 1 N–H and O–H groups in total. The van der Waals surface area contributed by atoms with Gasteiger partial charge in [-0.15, -0.1) is 0 Å². The number of nitrogens with zero attached hydrogens (tertiary/aromatic N) is 1. The maximum absolute atomic E-state index is 11.7. The van der Waals surface area contributed by atoms with Gasteiger partial charge in [0.15, 0.2) is 0 Å². The first-order valence-corrected chi connectivity index (χ1v) is 5.65. The molecule has 2 unspecified atom stereocenters.